The monoisotopic (exact) mass is 155 g/mol. The minimum atomic E-state index is 0.282. The molecule has 0 radical (unpaired) electrons. The molecule has 2 aliphatic rings. The van der Waals surface area contributed by atoms with Gasteiger partial charge in [0, 0.05) is 6.61 Å². The van der Waals surface area contributed by atoms with Crippen molar-refractivity contribution in [3.8, 4) is 0 Å². The van der Waals surface area contributed by atoms with Crippen LogP contribution in [-0.2, 0) is 4.74 Å². The van der Waals surface area contributed by atoms with E-state index in [1.807, 2.05) is 0 Å². The van der Waals surface area contributed by atoms with Crippen molar-refractivity contribution in [2.45, 2.75) is 37.7 Å². The molecule has 0 aromatic heterocycles. The fraction of sp³-hybridized carbons (Fsp3) is 1.00. The average molecular weight is 155 g/mol. The van der Waals surface area contributed by atoms with Gasteiger partial charge >= 0.3 is 0 Å². The van der Waals surface area contributed by atoms with E-state index >= 15 is 0 Å². The zero-order valence-electron chi connectivity index (χ0n) is 7.01. The molecule has 1 aliphatic heterocycles. The summed E-state index contributed by atoms with van der Waals surface area (Å²) >= 11 is 0. The van der Waals surface area contributed by atoms with Gasteiger partial charge in [-0.2, -0.15) is 0 Å². The summed E-state index contributed by atoms with van der Waals surface area (Å²) in [6.07, 6.45) is 6.32. The summed E-state index contributed by atoms with van der Waals surface area (Å²) in [5.74, 6) is 0.744. The van der Waals surface area contributed by atoms with Crippen LogP contribution in [0.4, 0.5) is 0 Å². The van der Waals surface area contributed by atoms with Crippen LogP contribution in [0.3, 0.4) is 0 Å². The quantitative estimate of drug-likeness (QED) is 0.619. The van der Waals surface area contributed by atoms with Crippen LogP contribution in [0.25, 0.3) is 0 Å². The molecule has 0 amide bonds. The second-order valence-corrected chi connectivity index (χ2v) is 3.98. The van der Waals surface area contributed by atoms with Crippen LogP contribution in [0.1, 0.15) is 32.1 Å². The van der Waals surface area contributed by atoms with Crippen molar-refractivity contribution < 1.29 is 4.74 Å². The van der Waals surface area contributed by atoms with E-state index in [2.05, 4.69) is 0 Å². The van der Waals surface area contributed by atoms with Gasteiger partial charge < -0.3 is 10.5 Å². The van der Waals surface area contributed by atoms with E-state index in [4.69, 9.17) is 10.5 Å². The molecule has 1 aliphatic carbocycles. The van der Waals surface area contributed by atoms with Crippen LogP contribution < -0.4 is 5.73 Å². The molecule has 2 atom stereocenters. The highest BCUT2D eigenvalue weighted by Gasteiger charge is 2.41. The van der Waals surface area contributed by atoms with Crippen LogP contribution in [0.5, 0.6) is 0 Å². The molecular weight excluding hydrogens is 138 g/mol. The number of hydrogen-bond acceptors (Lipinski definition) is 2. The Balaban J connectivity index is 1.96. The highest BCUT2D eigenvalue weighted by Crippen LogP contribution is 2.43. The second-order valence-electron chi connectivity index (χ2n) is 3.98. The molecule has 0 bridgehead atoms. The van der Waals surface area contributed by atoms with Gasteiger partial charge in [-0.3, -0.25) is 0 Å². The van der Waals surface area contributed by atoms with Crippen molar-refractivity contribution in [1.29, 1.82) is 0 Å². The zero-order chi connectivity index (χ0) is 7.73. The van der Waals surface area contributed by atoms with Crippen molar-refractivity contribution in [3.05, 3.63) is 0 Å². The first-order valence-electron chi connectivity index (χ1n) is 4.69. The van der Waals surface area contributed by atoms with Crippen LogP contribution in [0, 0.1) is 5.92 Å². The van der Waals surface area contributed by atoms with Crippen LogP contribution in [0.15, 0.2) is 0 Å². The molecule has 1 saturated heterocycles. The molecule has 2 nitrogen and oxygen atoms in total. The third-order valence-electron chi connectivity index (χ3n) is 3.19. The van der Waals surface area contributed by atoms with Gasteiger partial charge in [-0.25, -0.2) is 0 Å². The maximum atomic E-state index is 5.78. The van der Waals surface area contributed by atoms with Gasteiger partial charge in [0.25, 0.3) is 0 Å². The largest absolute Gasteiger partial charge is 0.375 e. The summed E-state index contributed by atoms with van der Waals surface area (Å²) in [6, 6.07) is 0. The Labute approximate surface area is 68.1 Å². The molecular formula is C9H17NO. The van der Waals surface area contributed by atoms with Crippen molar-refractivity contribution in [2.24, 2.45) is 11.7 Å². The summed E-state index contributed by atoms with van der Waals surface area (Å²) in [7, 11) is 0. The molecule has 0 aromatic carbocycles. The first-order chi connectivity index (χ1) is 5.35. The molecule has 2 fully saturated rings. The minimum absolute atomic E-state index is 0.282. The first-order valence-corrected chi connectivity index (χ1v) is 4.69. The number of hydrogen-bond donors (Lipinski definition) is 1. The van der Waals surface area contributed by atoms with Crippen LogP contribution in [-0.4, -0.2) is 18.8 Å². The molecule has 1 heterocycles. The van der Waals surface area contributed by atoms with Crippen molar-refractivity contribution in [3.63, 3.8) is 0 Å². The number of nitrogens with two attached hydrogens (primary N) is 1. The first kappa shape index (κ1) is 7.56. The fourth-order valence-electron chi connectivity index (χ4n) is 2.51. The normalized spacial score (nSPS) is 43.9. The van der Waals surface area contributed by atoms with E-state index < -0.39 is 0 Å². The van der Waals surface area contributed by atoms with E-state index in [-0.39, 0.29) is 5.60 Å². The predicted molar refractivity (Wildman–Crippen MR) is 44.3 cm³/mol. The Hall–Kier alpha value is -0.0800. The SMILES string of the molecule is NC[C@H]1CC[C@]2(CCCO2)C1. The lowest BCUT2D eigenvalue weighted by Crippen LogP contribution is -2.24. The van der Waals surface area contributed by atoms with E-state index in [0.717, 1.165) is 19.1 Å². The molecule has 64 valence electrons. The fourth-order valence-corrected chi connectivity index (χ4v) is 2.51. The lowest BCUT2D eigenvalue weighted by molar-refractivity contribution is 0.00745. The summed E-state index contributed by atoms with van der Waals surface area (Å²) in [4.78, 5) is 0. The molecule has 11 heavy (non-hydrogen) atoms. The second kappa shape index (κ2) is 2.76. The topological polar surface area (TPSA) is 35.2 Å². The molecule has 1 saturated carbocycles. The maximum Gasteiger partial charge on any atom is 0.0686 e. The van der Waals surface area contributed by atoms with Crippen molar-refractivity contribution >= 4 is 0 Å². The van der Waals surface area contributed by atoms with E-state index in [0.29, 0.717) is 0 Å². The van der Waals surface area contributed by atoms with Gasteiger partial charge in [0.1, 0.15) is 0 Å². The Morgan fingerprint density at radius 1 is 1.45 bits per heavy atom. The summed E-state index contributed by atoms with van der Waals surface area (Å²) < 4.78 is 5.78. The molecule has 2 rings (SSSR count). The summed E-state index contributed by atoms with van der Waals surface area (Å²) in [5.41, 5.74) is 5.91. The smallest absolute Gasteiger partial charge is 0.0686 e. The standard InChI is InChI=1S/C9H17NO/c10-7-8-2-4-9(6-8)3-1-5-11-9/h8H,1-7,10H2/t8-,9+/m0/s1. The van der Waals surface area contributed by atoms with Gasteiger partial charge in [0.15, 0.2) is 0 Å². The predicted octanol–water partition coefficient (Wildman–Crippen LogP) is 1.29. The molecule has 0 aromatic rings. The van der Waals surface area contributed by atoms with E-state index in [1.165, 1.54) is 32.1 Å². The van der Waals surface area contributed by atoms with Gasteiger partial charge in [-0.1, -0.05) is 0 Å². The number of rotatable bonds is 1. The summed E-state index contributed by atoms with van der Waals surface area (Å²) in [6.45, 7) is 1.84. The van der Waals surface area contributed by atoms with Crippen LogP contribution in [0.2, 0.25) is 0 Å². The lowest BCUT2D eigenvalue weighted by atomic mass is 9.97. The Morgan fingerprint density at radius 2 is 2.36 bits per heavy atom. The Bertz CT molecular complexity index is 140. The van der Waals surface area contributed by atoms with Gasteiger partial charge in [0.05, 0.1) is 5.60 Å². The zero-order valence-corrected chi connectivity index (χ0v) is 7.01. The molecule has 2 N–H and O–H groups in total. The van der Waals surface area contributed by atoms with Gasteiger partial charge in [0.2, 0.25) is 0 Å². The Kier molecular flexibility index (Phi) is 1.90. The molecule has 2 heteroatoms. The average Bonchev–Trinajstić information content (AvgIpc) is 2.62. The minimum Gasteiger partial charge on any atom is -0.375 e. The van der Waals surface area contributed by atoms with Gasteiger partial charge in [-0.05, 0) is 44.6 Å². The van der Waals surface area contributed by atoms with E-state index in [9.17, 15) is 0 Å². The highest BCUT2D eigenvalue weighted by atomic mass is 16.5. The van der Waals surface area contributed by atoms with Crippen LogP contribution >= 0.6 is 0 Å². The maximum absolute atomic E-state index is 5.78. The van der Waals surface area contributed by atoms with E-state index in [1.54, 1.807) is 0 Å². The van der Waals surface area contributed by atoms with Crippen molar-refractivity contribution in [2.75, 3.05) is 13.2 Å². The Morgan fingerprint density at radius 3 is 2.91 bits per heavy atom. The third-order valence-corrected chi connectivity index (χ3v) is 3.19. The highest BCUT2D eigenvalue weighted by molar-refractivity contribution is 4.93. The molecule has 0 unspecified atom stereocenters. The third kappa shape index (κ3) is 1.30. The van der Waals surface area contributed by atoms with Gasteiger partial charge in [-0.15, -0.1) is 0 Å². The molecule has 1 spiro atoms. The number of ether oxygens (including phenoxy) is 1. The van der Waals surface area contributed by atoms with Crippen molar-refractivity contribution in [1.82, 2.24) is 0 Å². The lowest BCUT2D eigenvalue weighted by Gasteiger charge is -2.21. The summed E-state index contributed by atoms with van der Waals surface area (Å²) in [5, 5.41) is 0.